The highest BCUT2D eigenvalue weighted by Crippen LogP contribution is 2.44. The van der Waals surface area contributed by atoms with Gasteiger partial charge in [-0.15, -0.1) is 0 Å². The van der Waals surface area contributed by atoms with Crippen LogP contribution < -0.4 is 14.8 Å². The number of alkyl carbamates (subject to hydrolysis) is 1. The molecule has 4 N–H and O–H groups in total. The van der Waals surface area contributed by atoms with Gasteiger partial charge in [0.1, 0.15) is 36.1 Å². The summed E-state index contributed by atoms with van der Waals surface area (Å²) in [6, 6.07) is 18.8. The number of nitrogens with one attached hydrogen (secondary N) is 1. The summed E-state index contributed by atoms with van der Waals surface area (Å²) in [4.78, 5) is 12.3. The van der Waals surface area contributed by atoms with Crippen molar-refractivity contribution in [1.29, 1.82) is 0 Å². The van der Waals surface area contributed by atoms with Crippen molar-refractivity contribution in [3.05, 3.63) is 77.4 Å². The number of phenols is 1. The van der Waals surface area contributed by atoms with Gasteiger partial charge in [0.15, 0.2) is 0 Å². The summed E-state index contributed by atoms with van der Waals surface area (Å²) in [6.07, 6.45) is -3.66. The second-order valence-electron chi connectivity index (χ2n) is 7.98. The minimum Gasteiger partial charge on any atom is -0.507 e. The zero-order chi connectivity index (χ0) is 24.2. The van der Waals surface area contributed by atoms with Crippen LogP contribution in [-0.4, -0.2) is 54.9 Å². The summed E-state index contributed by atoms with van der Waals surface area (Å²) in [7, 11) is 2.79. The normalized spacial score (nSPS) is 14.0. The Morgan fingerprint density at radius 1 is 0.971 bits per heavy atom. The predicted molar refractivity (Wildman–Crippen MR) is 125 cm³/mol. The molecule has 1 amide bonds. The molecule has 4 rings (SSSR count). The number of benzene rings is 3. The van der Waals surface area contributed by atoms with Crippen LogP contribution in [0.15, 0.2) is 60.7 Å². The monoisotopic (exact) mass is 465 g/mol. The molecule has 0 radical (unpaired) electrons. The fourth-order valence-electron chi connectivity index (χ4n) is 4.31. The number of carbonyl (C=O) groups excluding carboxylic acids is 1. The first kappa shape index (κ1) is 23.4. The summed E-state index contributed by atoms with van der Waals surface area (Å²) < 4.78 is 15.7. The van der Waals surface area contributed by atoms with Crippen LogP contribution >= 0.6 is 0 Å². The zero-order valence-electron chi connectivity index (χ0n) is 18.9. The van der Waals surface area contributed by atoms with Gasteiger partial charge in [0, 0.05) is 24.6 Å². The number of aliphatic hydroxyl groups excluding tert-OH is 2. The summed E-state index contributed by atoms with van der Waals surface area (Å²) in [5.74, 6) is 0.0826. The molecule has 0 aliphatic heterocycles. The van der Waals surface area contributed by atoms with Crippen LogP contribution in [0.2, 0.25) is 0 Å². The third-order valence-corrected chi connectivity index (χ3v) is 6.01. The lowest BCUT2D eigenvalue weighted by atomic mass is 9.98. The summed E-state index contributed by atoms with van der Waals surface area (Å²) in [5, 5.41) is 33.7. The molecular formula is C26H27NO7. The fourth-order valence-corrected chi connectivity index (χ4v) is 4.31. The van der Waals surface area contributed by atoms with Gasteiger partial charge < -0.3 is 34.8 Å². The number of rotatable bonds is 8. The zero-order valence-corrected chi connectivity index (χ0v) is 18.9. The second kappa shape index (κ2) is 10.0. The number of carbonyl (C=O) groups is 1. The topological polar surface area (TPSA) is 117 Å². The van der Waals surface area contributed by atoms with Crippen LogP contribution in [0.25, 0.3) is 11.1 Å². The van der Waals surface area contributed by atoms with Gasteiger partial charge in [0.05, 0.1) is 19.8 Å². The van der Waals surface area contributed by atoms with Crippen LogP contribution in [-0.2, 0) is 4.74 Å². The lowest BCUT2D eigenvalue weighted by molar-refractivity contribution is 0.0159. The smallest absolute Gasteiger partial charge is 0.407 e. The molecule has 0 saturated heterocycles. The molecule has 1 aliphatic rings. The Hall–Kier alpha value is -3.75. The van der Waals surface area contributed by atoms with E-state index in [2.05, 4.69) is 17.4 Å². The number of aliphatic hydroxyl groups is 2. The van der Waals surface area contributed by atoms with Crippen molar-refractivity contribution in [2.75, 3.05) is 27.4 Å². The van der Waals surface area contributed by atoms with Crippen LogP contribution in [0.5, 0.6) is 17.2 Å². The largest absolute Gasteiger partial charge is 0.507 e. The first-order valence-corrected chi connectivity index (χ1v) is 10.8. The van der Waals surface area contributed by atoms with E-state index in [-0.39, 0.29) is 36.1 Å². The molecule has 0 saturated carbocycles. The molecule has 178 valence electrons. The van der Waals surface area contributed by atoms with Crippen molar-refractivity contribution in [3.63, 3.8) is 0 Å². The van der Waals surface area contributed by atoms with E-state index >= 15 is 0 Å². The molecule has 2 unspecified atom stereocenters. The predicted octanol–water partition coefficient (Wildman–Crippen LogP) is 3.34. The number of fused-ring (bicyclic) bond motifs is 3. The Morgan fingerprint density at radius 2 is 1.59 bits per heavy atom. The number of hydrogen-bond donors (Lipinski definition) is 4. The maximum absolute atomic E-state index is 12.3. The highest BCUT2D eigenvalue weighted by Gasteiger charge is 2.30. The molecule has 1 aliphatic carbocycles. The average Bonchev–Trinajstić information content (AvgIpc) is 3.18. The Bertz CT molecular complexity index is 1130. The van der Waals surface area contributed by atoms with Gasteiger partial charge in [-0.2, -0.15) is 0 Å². The van der Waals surface area contributed by atoms with Crippen LogP contribution in [0.1, 0.15) is 28.7 Å². The van der Waals surface area contributed by atoms with Gasteiger partial charge in [-0.1, -0.05) is 48.5 Å². The molecule has 0 aromatic heterocycles. The van der Waals surface area contributed by atoms with Crippen molar-refractivity contribution >= 4 is 6.09 Å². The molecule has 3 aromatic rings. The number of amides is 1. The van der Waals surface area contributed by atoms with Gasteiger partial charge in [0.2, 0.25) is 0 Å². The van der Waals surface area contributed by atoms with Gasteiger partial charge in [-0.3, -0.25) is 0 Å². The second-order valence-corrected chi connectivity index (χ2v) is 7.98. The summed E-state index contributed by atoms with van der Waals surface area (Å²) >= 11 is 0. The molecule has 8 nitrogen and oxygen atoms in total. The molecule has 0 fully saturated rings. The maximum atomic E-state index is 12.3. The fraction of sp³-hybridized carbons (Fsp3) is 0.269. The van der Waals surface area contributed by atoms with Crippen LogP contribution in [0.3, 0.4) is 0 Å². The SMILES string of the molecule is COc1cc(O)c(C(O)C(O)CNC(=O)OCC2c3ccccc3-c3ccccc32)c(OC)c1. The lowest BCUT2D eigenvalue weighted by Crippen LogP contribution is -2.36. The van der Waals surface area contributed by atoms with E-state index in [9.17, 15) is 20.1 Å². The molecule has 2 atom stereocenters. The first-order chi connectivity index (χ1) is 16.4. The van der Waals surface area contributed by atoms with Crippen molar-refractivity contribution in [1.82, 2.24) is 5.32 Å². The number of hydrogen-bond acceptors (Lipinski definition) is 7. The summed E-state index contributed by atoms with van der Waals surface area (Å²) in [5.41, 5.74) is 4.42. The van der Waals surface area contributed by atoms with Gasteiger partial charge in [-0.05, 0) is 22.3 Å². The van der Waals surface area contributed by atoms with E-state index in [0.29, 0.717) is 5.75 Å². The van der Waals surface area contributed by atoms with Crippen LogP contribution in [0.4, 0.5) is 4.79 Å². The molecule has 34 heavy (non-hydrogen) atoms. The standard InChI is InChI=1S/C26H27NO7/c1-32-15-11-21(28)24(23(12-15)33-2)25(30)22(29)13-27-26(31)34-14-20-18-9-5-3-7-16(18)17-8-4-6-10-19(17)20/h3-12,20,22,25,28-30H,13-14H2,1-2H3,(H,27,31). The van der Waals surface area contributed by atoms with Gasteiger partial charge in [-0.25, -0.2) is 4.79 Å². The Kier molecular flexibility index (Phi) is 6.90. The Morgan fingerprint density at radius 3 is 2.18 bits per heavy atom. The first-order valence-electron chi connectivity index (χ1n) is 10.8. The molecule has 8 heteroatoms. The van der Waals surface area contributed by atoms with Crippen molar-refractivity contribution in [3.8, 4) is 28.4 Å². The molecule has 0 heterocycles. The van der Waals surface area contributed by atoms with Crippen molar-refractivity contribution in [2.24, 2.45) is 0 Å². The molecular weight excluding hydrogens is 438 g/mol. The molecule has 3 aromatic carbocycles. The van der Waals surface area contributed by atoms with Crippen LogP contribution in [0, 0.1) is 0 Å². The maximum Gasteiger partial charge on any atom is 0.407 e. The van der Waals surface area contributed by atoms with Gasteiger partial charge in [0.25, 0.3) is 0 Å². The Labute approximate surface area is 197 Å². The highest BCUT2D eigenvalue weighted by molar-refractivity contribution is 5.79. The third kappa shape index (κ3) is 4.50. The van der Waals surface area contributed by atoms with E-state index < -0.39 is 18.3 Å². The van der Waals surface area contributed by atoms with Crippen molar-refractivity contribution in [2.45, 2.75) is 18.1 Å². The van der Waals surface area contributed by atoms with Crippen molar-refractivity contribution < 1.29 is 34.3 Å². The summed E-state index contributed by atoms with van der Waals surface area (Å²) in [6.45, 7) is -0.169. The molecule has 0 spiro atoms. The minimum atomic E-state index is -1.52. The average molecular weight is 466 g/mol. The quantitative estimate of drug-likeness (QED) is 0.403. The number of methoxy groups -OCH3 is 2. The number of ether oxygens (including phenoxy) is 3. The lowest BCUT2D eigenvalue weighted by Gasteiger charge is -2.22. The highest BCUT2D eigenvalue weighted by atomic mass is 16.5. The van der Waals surface area contributed by atoms with E-state index in [4.69, 9.17) is 14.2 Å². The van der Waals surface area contributed by atoms with Gasteiger partial charge >= 0.3 is 6.09 Å². The number of phenolic OH excluding ortho intramolecular Hbond substituents is 1. The van der Waals surface area contributed by atoms with E-state index in [1.807, 2.05) is 36.4 Å². The number of aromatic hydroxyl groups is 1. The third-order valence-electron chi connectivity index (χ3n) is 6.01. The van der Waals surface area contributed by atoms with E-state index in [0.717, 1.165) is 22.3 Å². The Balaban J connectivity index is 1.37. The van der Waals surface area contributed by atoms with E-state index in [1.54, 1.807) is 0 Å². The van der Waals surface area contributed by atoms with E-state index in [1.165, 1.54) is 26.4 Å². The minimum absolute atomic E-state index is 0.00913. The molecule has 0 bridgehead atoms.